The number of anilines is 1. The van der Waals surface area contributed by atoms with Gasteiger partial charge in [0.05, 0.1) is 12.5 Å². The van der Waals surface area contributed by atoms with E-state index in [1.165, 1.54) is 0 Å². The molecule has 31 heavy (non-hydrogen) atoms. The highest BCUT2D eigenvalue weighted by Gasteiger charge is 2.46. The third-order valence-electron chi connectivity index (χ3n) is 6.09. The molecule has 2 aromatic rings. The Morgan fingerprint density at radius 1 is 1.06 bits per heavy atom. The molecule has 1 saturated carbocycles. The summed E-state index contributed by atoms with van der Waals surface area (Å²) in [5.41, 5.74) is 2.19. The van der Waals surface area contributed by atoms with Crippen LogP contribution >= 0.6 is 11.6 Å². The fraction of sp³-hybridized carbons (Fsp3) is 0.375. The number of benzene rings is 2. The summed E-state index contributed by atoms with van der Waals surface area (Å²) in [5, 5.41) is 6.43. The first-order valence-electron chi connectivity index (χ1n) is 10.7. The largest absolute Gasteiger partial charge is 0.349 e. The van der Waals surface area contributed by atoms with E-state index < -0.39 is 6.04 Å². The van der Waals surface area contributed by atoms with E-state index in [0.717, 1.165) is 31.2 Å². The van der Waals surface area contributed by atoms with Crippen LogP contribution in [0.2, 0.25) is 5.02 Å². The van der Waals surface area contributed by atoms with Gasteiger partial charge in [0, 0.05) is 22.3 Å². The van der Waals surface area contributed by atoms with Crippen molar-refractivity contribution < 1.29 is 14.4 Å². The maximum atomic E-state index is 13.5. The summed E-state index contributed by atoms with van der Waals surface area (Å²) in [6, 6.07) is 13.1. The second kappa shape index (κ2) is 9.10. The van der Waals surface area contributed by atoms with E-state index in [1.54, 1.807) is 41.3 Å². The fourth-order valence-electron chi connectivity index (χ4n) is 4.50. The minimum absolute atomic E-state index is 0.0637. The van der Waals surface area contributed by atoms with Crippen LogP contribution in [0.4, 0.5) is 5.69 Å². The third-order valence-corrected chi connectivity index (χ3v) is 6.34. The molecule has 2 aliphatic rings. The molecule has 0 spiro atoms. The van der Waals surface area contributed by atoms with Gasteiger partial charge >= 0.3 is 0 Å². The Bertz CT molecular complexity index is 975. The van der Waals surface area contributed by atoms with Gasteiger partial charge in [-0.05, 0) is 56.2 Å². The summed E-state index contributed by atoms with van der Waals surface area (Å²) in [6.45, 7) is 1.96. The van der Waals surface area contributed by atoms with Crippen LogP contribution < -0.4 is 10.6 Å². The lowest BCUT2D eigenvalue weighted by atomic mass is 9.84. The molecule has 2 fully saturated rings. The Labute approximate surface area is 187 Å². The molecule has 2 N–H and O–H groups in total. The molecule has 2 aromatic carbocycles. The lowest BCUT2D eigenvalue weighted by molar-refractivity contribution is -0.135. The Kier molecular flexibility index (Phi) is 6.28. The van der Waals surface area contributed by atoms with Crippen molar-refractivity contribution in [2.45, 2.75) is 57.2 Å². The van der Waals surface area contributed by atoms with Gasteiger partial charge in [-0.1, -0.05) is 42.1 Å². The van der Waals surface area contributed by atoms with E-state index in [9.17, 15) is 14.4 Å². The van der Waals surface area contributed by atoms with Crippen molar-refractivity contribution in [3.8, 4) is 0 Å². The zero-order valence-corrected chi connectivity index (χ0v) is 18.2. The van der Waals surface area contributed by atoms with Gasteiger partial charge in [0.1, 0.15) is 6.04 Å². The van der Waals surface area contributed by atoms with E-state index in [-0.39, 0.29) is 36.2 Å². The first kappa shape index (κ1) is 21.4. The average Bonchev–Trinajstić information content (AvgIpc) is 2.76. The van der Waals surface area contributed by atoms with Crippen LogP contribution in [0.3, 0.4) is 0 Å². The van der Waals surface area contributed by atoms with E-state index in [1.807, 2.05) is 19.1 Å². The molecule has 1 saturated heterocycles. The summed E-state index contributed by atoms with van der Waals surface area (Å²) < 4.78 is 0. The average molecular weight is 440 g/mol. The van der Waals surface area contributed by atoms with Crippen molar-refractivity contribution in [2.24, 2.45) is 0 Å². The van der Waals surface area contributed by atoms with Gasteiger partial charge in [0.15, 0.2) is 0 Å². The van der Waals surface area contributed by atoms with Crippen molar-refractivity contribution in [2.75, 3.05) is 5.32 Å². The minimum Gasteiger partial charge on any atom is -0.349 e. The Hall–Kier alpha value is -2.86. The third kappa shape index (κ3) is 4.74. The molecular formula is C24H26ClN3O3. The molecule has 3 atom stereocenters. The number of nitrogens with zero attached hydrogens (tertiary/aromatic N) is 1. The van der Waals surface area contributed by atoms with Crippen molar-refractivity contribution in [3.05, 3.63) is 64.7 Å². The van der Waals surface area contributed by atoms with Gasteiger partial charge in [-0.15, -0.1) is 0 Å². The molecule has 7 heteroatoms. The van der Waals surface area contributed by atoms with Gasteiger partial charge in [-0.3, -0.25) is 14.4 Å². The number of hydrogen-bond acceptors (Lipinski definition) is 3. The second-order valence-corrected chi connectivity index (χ2v) is 8.76. The monoisotopic (exact) mass is 439 g/mol. The smallest absolute Gasteiger partial charge is 0.254 e. The van der Waals surface area contributed by atoms with Crippen molar-refractivity contribution in [3.63, 3.8) is 0 Å². The molecule has 0 radical (unpaired) electrons. The predicted octanol–water partition coefficient (Wildman–Crippen LogP) is 3.93. The number of carbonyl (C=O) groups is 3. The van der Waals surface area contributed by atoms with Crippen LogP contribution in [0.15, 0.2) is 48.5 Å². The van der Waals surface area contributed by atoms with Crippen molar-refractivity contribution in [1.29, 1.82) is 0 Å². The zero-order chi connectivity index (χ0) is 22.0. The highest BCUT2D eigenvalue weighted by atomic mass is 35.5. The lowest BCUT2D eigenvalue weighted by Crippen LogP contribution is -2.68. The summed E-state index contributed by atoms with van der Waals surface area (Å²) in [5.74, 6) is -0.788. The standard InChI is InChI=1S/C24H26ClN3O3/c1-15-6-8-16(9-7-15)24(31)28-20-5-3-2-4-19(20)27-23(30)21(28)14-22(29)26-18-12-10-17(25)11-13-18/h6-13,19-21H,2-5,14H2,1H3,(H,26,29)(H,27,30)/t19-,20-,21-/m1/s1. The molecule has 0 unspecified atom stereocenters. The van der Waals surface area contributed by atoms with Gasteiger partial charge in [-0.2, -0.15) is 0 Å². The molecule has 1 heterocycles. The number of amides is 3. The molecule has 3 amide bonds. The SMILES string of the molecule is Cc1ccc(C(=O)N2[C@H](CC(=O)Nc3ccc(Cl)cc3)C(=O)N[C@@H]3CCCC[C@H]32)cc1. The number of piperazine rings is 1. The van der Waals surface area contributed by atoms with Gasteiger partial charge in [0.2, 0.25) is 11.8 Å². The maximum Gasteiger partial charge on any atom is 0.254 e. The Morgan fingerprint density at radius 3 is 2.45 bits per heavy atom. The van der Waals surface area contributed by atoms with Crippen LogP contribution in [0.5, 0.6) is 0 Å². The van der Waals surface area contributed by atoms with E-state index >= 15 is 0 Å². The Balaban J connectivity index is 1.58. The minimum atomic E-state index is -0.847. The van der Waals surface area contributed by atoms with E-state index in [0.29, 0.717) is 16.3 Å². The molecule has 1 aliphatic heterocycles. The van der Waals surface area contributed by atoms with Crippen LogP contribution in [0.25, 0.3) is 0 Å². The zero-order valence-electron chi connectivity index (χ0n) is 17.4. The van der Waals surface area contributed by atoms with Crippen molar-refractivity contribution in [1.82, 2.24) is 10.2 Å². The topological polar surface area (TPSA) is 78.5 Å². The predicted molar refractivity (Wildman–Crippen MR) is 120 cm³/mol. The lowest BCUT2D eigenvalue weighted by Gasteiger charge is -2.48. The van der Waals surface area contributed by atoms with Gasteiger partial charge in [-0.25, -0.2) is 0 Å². The first-order valence-corrected chi connectivity index (χ1v) is 11.1. The van der Waals surface area contributed by atoms with Crippen LogP contribution in [-0.2, 0) is 9.59 Å². The first-order chi connectivity index (χ1) is 14.9. The maximum absolute atomic E-state index is 13.5. The van der Waals surface area contributed by atoms with Gasteiger partial charge < -0.3 is 15.5 Å². The number of carbonyl (C=O) groups excluding carboxylic acids is 3. The van der Waals surface area contributed by atoms with Crippen molar-refractivity contribution >= 4 is 35.0 Å². The van der Waals surface area contributed by atoms with Crippen LogP contribution in [0, 0.1) is 6.92 Å². The van der Waals surface area contributed by atoms with E-state index in [4.69, 9.17) is 11.6 Å². The molecular weight excluding hydrogens is 414 g/mol. The summed E-state index contributed by atoms with van der Waals surface area (Å²) in [6.07, 6.45) is 3.58. The summed E-state index contributed by atoms with van der Waals surface area (Å²) in [4.78, 5) is 40.9. The number of fused-ring (bicyclic) bond motifs is 1. The number of hydrogen-bond donors (Lipinski definition) is 2. The van der Waals surface area contributed by atoms with Gasteiger partial charge in [0.25, 0.3) is 5.91 Å². The number of halogens is 1. The highest BCUT2D eigenvalue weighted by molar-refractivity contribution is 6.30. The molecule has 0 aromatic heterocycles. The van der Waals surface area contributed by atoms with Crippen LogP contribution in [0.1, 0.15) is 48.0 Å². The molecule has 162 valence electrons. The normalized spacial score (nSPS) is 23.0. The number of aryl methyl sites for hydroxylation is 1. The highest BCUT2D eigenvalue weighted by Crippen LogP contribution is 2.31. The molecule has 1 aliphatic carbocycles. The number of nitrogens with one attached hydrogen (secondary N) is 2. The summed E-state index contributed by atoms with van der Waals surface area (Å²) >= 11 is 5.90. The van der Waals surface area contributed by atoms with Crippen LogP contribution in [-0.4, -0.2) is 40.7 Å². The summed E-state index contributed by atoms with van der Waals surface area (Å²) in [7, 11) is 0. The van der Waals surface area contributed by atoms with E-state index in [2.05, 4.69) is 10.6 Å². The molecule has 6 nitrogen and oxygen atoms in total. The second-order valence-electron chi connectivity index (χ2n) is 8.32. The fourth-order valence-corrected chi connectivity index (χ4v) is 4.62. The molecule has 0 bridgehead atoms. The number of rotatable bonds is 4. The Morgan fingerprint density at radius 2 is 1.74 bits per heavy atom. The quantitative estimate of drug-likeness (QED) is 0.757. The molecule has 4 rings (SSSR count).